The summed E-state index contributed by atoms with van der Waals surface area (Å²) in [6.07, 6.45) is -4.67. The van der Waals surface area contributed by atoms with Crippen LogP contribution in [0.25, 0.3) is 0 Å². The van der Waals surface area contributed by atoms with E-state index in [0.717, 1.165) is 0 Å². The van der Waals surface area contributed by atoms with Gasteiger partial charge in [-0.05, 0) is 0 Å². The minimum atomic E-state index is -1.57. The lowest BCUT2D eigenvalue weighted by atomic mass is 10.2. The van der Waals surface area contributed by atoms with Gasteiger partial charge in [0.2, 0.25) is 0 Å². The van der Waals surface area contributed by atoms with Gasteiger partial charge in [-0.3, -0.25) is 0 Å². The van der Waals surface area contributed by atoms with Crippen LogP contribution in [0.5, 0.6) is 0 Å². The van der Waals surface area contributed by atoms with Gasteiger partial charge in [0, 0.05) is 7.11 Å². The highest BCUT2D eigenvalue weighted by atomic mass is 19.1. The number of halogens is 1. The molecule has 0 spiro atoms. The van der Waals surface area contributed by atoms with Gasteiger partial charge in [-0.25, -0.2) is 4.39 Å². The van der Waals surface area contributed by atoms with Crippen LogP contribution in [0.15, 0.2) is 0 Å². The first kappa shape index (κ1) is 8.86. The first-order chi connectivity index (χ1) is 5.20. The number of rotatable bonds is 2. The van der Waals surface area contributed by atoms with Gasteiger partial charge in [0.05, 0.1) is 6.61 Å². The lowest BCUT2D eigenvalue weighted by Crippen LogP contribution is -2.33. The van der Waals surface area contributed by atoms with E-state index in [0.29, 0.717) is 0 Å². The molecular weight excluding hydrogens is 155 g/mol. The van der Waals surface area contributed by atoms with Crippen molar-refractivity contribution in [2.75, 3.05) is 13.7 Å². The highest BCUT2D eigenvalue weighted by molar-refractivity contribution is 4.86. The molecule has 1 aliphatic heterocycles. The Hall–Kier alpha value is -0.230. The van der Waals surface area contributed by atoms with Gasteiger partial charge in [0.1, 0.15) is 12.2 Å². The number of aliphatic hydroxyl groups is 2. The van der Waals surface area contributed by atoms with Gasteiger partial charge in [-0.15, -0.1) is 0 Å². The maximum Gasteiger partial charge on any atom is 0.189 e. The van der Waals surface area contributed by atoms with Crippen LogP contribution in [-0.4, -0.2) is 48.6 Å². The Morgan fingerprint density at radius 1 is 1.64 bits per heavy atom. The van der Waals surface area contributed by atoms with Crippen molar-refractivity contribution < 1.29 is 24.1 Å². The van der Waals surface area contributed by atoms with Crippen molar-refractivity contribution in [3.05, 3.63) is 0 Å². The van der Waals surface area contributed by atoms with Crippen LogP contribution in [0, 0.1) is 0 Å². The van der Waals surface area contributed by atoms with Crippen molar-refractivity contribution in [3.8, 4) is 0 Å². The number of hydrogen-bond acceptors (Lipinski definition) is 4. The van der Waals surface area contributed by atoms with Crippen molar-refractivity contribution in [2.24, 2.45) is 0 Å². The highest BCUT2D eigenvalue weighted by Gasteiger charge is 2.44. The molecule has 0 amide bonds. The molecule has 1 saturated heterocycles. The summed E-state index contributed by atoms with van der Waals surface area (Å²) in [7, 11) is 1.31. The van der Waals surface area contributed by atoms with E-state index < -0.39 is 24.7 Å². The van der Waals surface area contributed by atoms with Crippen LogP contribution in [0.4, 0.5) is 4.39 Å². The van der Waals surface area contributed by atoms with E-state index in [1.165, 1.54) is 7.11 Å². The molecule has 0 saturated carbocycles. The maximum absolute atomic E-state index is 12.8. The van der Waals surface area contributed by atoms with Gasteiger partial charge in [0.25, 0.3) is 0 Å². The van der Waals surface area contributed by atoms with Gasteiger partial charge < -0.3 is 19.7 Å². The molecule has 0 radical (unpaired) electrons. The molecule has 1 fully saturated rings. The van der Waals surface area contributed by atoms with E-state index >= 15 is 0 Å². The molecular formula is C6H11FO4. The summed E-state index contributed by atoms with van der Waals surface area (Å²) in [5, 5.41) is 17.4. The van der Waals surface area contributed by atoms with E-state index in [9.17, 15) is 4.39 Å². The predicted molar refractivity (Wildman–Crippen MR) is 33.7 cm³/mol. The molecule has 5 heteroatoms. The van der Waals surface area contributed by atoms with E-state index in [1.54, 1.807) is 0 Å². The van der Waals surface area contributed by atoms with Crippen molar-refractivity contribution >= 4 is 0 Å². The summed E-state index contributed by atoms with van der Waals surface area (Å²) in [5.74, 6) is 0. The zero-order chi connectivity index (χ0) is 8.43. The Morgan fingerprint density at radius 2 is 2.27 bits per heavy atom. The first-order valence-electron chi connectivity index (χ1n) is 3.32. The fraction of sp³-hybridized carbons (Fsp3) is 1.00. The maximum atomic E-state index is 12.8. The SMILES string of the molecule is CO[C@H]1[C@H](F)C(O)O[C@@H]1CO. The van der Waals surface area contributed by atoms with Crippen LogP contribution in [0.3, 0.4) is 0 Å². The largest absolute Gasteiger partial charge is 0.394 e. The van der Waals surface area contributed by atoms with Crippen molar-refractivity contribution in [3.63, 3.8) is 0 Å². The third kappa shape index (κ3) is 1.51. The summed E-state index contributed by atoms with van der Waals surface area (Å²) in [6.45, 7) is -0.351. The van der Waals surface area contributed by atoms with Gasteiger partial charge in [-0.1, -0.05) is 0 Å². The normalized spacial score (nSPS) is 44.7. The molecule has 0 aromatic rings. The molecule has 4 nitrogen and oxygen atoms in total. The Balaban J connectivity index is 2.57. The first-order valence-corrected chi connectivity index (χ1v) is 3.32. The molecule has 1 aliphatic rings. The molecule has 0 aromatic carbocycles. The van der Waals surface area contributed by atoms with Crippen LogP contribution < -0.4 is 0 Å². The minimum Gasteiger partial charge on any atom is -0.394 e. The predicted octanol–water partition coefficient (Wildman–Crippen LogP) is -0.951. The Bertz CT molecular complexity index is 132. The van der Waals surface area contributed by atoms with E-state index in [1.807, 2.05) is 0 Å². The third-order valence-corrected chi connectivity index (χ3v) is 1.72. The van der Waals surface area contributed by atoms with Gasteiger partial charge in [0.15, 0.2) is 12.5 Å². The van der Waals surface area contributed by atoms with Crippen LogP contribution >= 0.6 is 0 Å². The molecule has 2 N–H and O–H groups in total. The molecule has 0 aromatic heterocycles. The number of ether oxygens (including phenoxy) is 2. The van der Waals surface area contributed by atoms with Gasteiger partial charge in [-0.2, -0.15) is 0 Å². The summed E-state index contributed by atoms with van der Waals surface area (Å²) < 4.78 is 22.1. The second-order valence-electron chi connectivity index (χ2n) is 2.39. The average molecular weight is 166 g/mol. The van der Waals surface area contributed by atoms with Crippen molar-refractivity contribution in [2.45, 2.75) is 24.7 Å². The summed E-state index contributed by atoms with van der Waals surface area (Å²) >= 11 is 0. The molecule has 4 atom stereocenters. The van der Waals surface area contributed by atoms with Crippen LogP contribution in [0.1, 0.15) is 0 Å². The fourth-order valence-corrected chi connectivity index (χ4v) is 1.13. The zero-order valence-electron chi connectivity index (χ0n) is 6.11. The Kier molecular flexibility index (Phi) is 2.78. The fourth-order valence-electron chi connectivity index (χ4n) is 1.13. The summed E-state index contributed by atoms with van der Waals surface area (Å²) in [5.41, 5.74) is 0. The van der Waals surface area contributed by atoms with Crippen molar-refractivity contribution in [1.82, 2.24) is 0 Å². The minimum absolute atomic E-state index is 0.351. The zero-order valence-corrected chi connectivity index (χ0v) is 6.11. The monoisotopic (exact) mass is 166 g/mol. The topological polar surface area (TPSA) is 58.9 Å². The lowest BCUT2D eigenvalue weighted by Gasteiger charge is -2.14. The second-order valence-corrected chi connectivity index (χ2v) is 2.39. The molecule has 66 valence electrons. The molecule has 0 bridgehead atoms. The second kappa shape index (κ2) is 3.44. The van der Waals surface area contributed by atoms with E-state index in [4.69, 9.17) is 10.2 Å². The molecule has 1 heterocycles. The number of hydrogen-bond donors (Lipinski definition) is 2. The Morgan fingerprint density at radius 3 is 2.64 bits per heavy atom. The number of alkyl halides is 1. The van der Waals surface area contributed by atoms with Crippen molar-refractivity contribution in [1.29, 1.82) is 0 Å². The number of aliphatic hydroxyl groups excluding tert-OH is 2. The molecule has 11 heavy (non-hydrogen) atoms. The summed E-state index contributed by atoms with van der Waals surface area (Å²) in [4.78, 5) is 0. The smallest absolute Gasteiger partial charge is 0.189 e. The quantitative estimate of drug-likeness (QED) is 0.555. The molecule has 1 rings (SSSR count). The van der Waals surface area contributed by atoms with Crippen LogP contribution in [-0.2, 0) is 9.47 Å². The summed E-state index contributed by atoms with van der Waals surface area (Å²) in [6, 6.07) is 0. The number of methoxy groups -OCH3 is 1. The average Bonchev–Trinajstić information content (AvgIpc) is 2.28. The lowest BCUT2D eigenvalue weighted by molar-refractivity contribution is -0.121. The van der Waals surface area contributed by atoms with Crippen LogP contribution in [0.2, 0.25) is 0 Å². The highest BCUT2D eigenvalue weighted by Crippen LogP contribution is 2.24. The Labute approximate surface area is 63.5 Å². The van der Waals surface area contributed by atoms with E-state index in [2.05, 4.69) is 9.47 Å². The molecule has 0 aliphatic carbocycles. The molecule has 1 unspecified atom stereocenters. The van der Waals surface area contributed by atoms with E-state index in [-0.39, 0.29) is 6.61 Å². The van der Waals surface area contributed by atoms with Gasteiger partial charge >= 0.3 is 0 Å². The standard InChI is InChI=1S/C6H11FO4/c1-10-5-3(2-8)11-6(9)4(5)7/h3-6,8-9H,2H2,1H3/t3-,4+,5-,6?/m1/s1. The third-order valence-electron chi connectivity index (χ3n) is 1.72.